The van der Waals surface area contributed by atoms with Crippen molar-refractivity contribution in [3.8, 4) is 5.75 Å². The van der Waals surface area contributed by atoms with Gasteiger partial charge in [-0.25, -0.2) is 0 Å². The van der Waals surface area contributed by atoms with Crippen LogP contribution in [0.3, 0.4) is 0 Å². The molecule has 0 radical (unpaired) electrons. The molecule has 8 nitrogen and oxygen atoms in total. The maximum absolute atomic E-state index is 12.9. The minimum absolute atomic E-state index is 0.212. The third kappa shape index (κ3) is 6.08. The second-order valence-corrected chi connectivity index (χ2v) is 9.04. The fourth-order valence-electron chi connectivity index (χ4n) is 4.76. The fourth-order valence-corrected chi connectivity index (χ4v) is 4.76. The van der Waals surface area contributed by atoms with Crippen molar-refractivity contribution in [1.82, 2.24) is 14.8 Å². The average molecular weight is 479 g/mol. The van der Waals surface area contributed by atoms with Gasteiger partial charge in [0.2, 0.25) is 5.91 Å². The first-order chi connectivity index (χ1) is 17.0. The molecule has 8 heteroatoms. The van der Waals surface area contributed by atoms with Crippen LogP contribution in [-0.2, 0) is 24.4 Å². The zero-order valence-electron chi connectivity index (χ0n) is 20.5. The maximum Gasteiger partial charge on any atom is 0.251 e. The van der Waals surface area contributed by atoms with E-state index >= 15 is 0 Å². The number of nitrogens with zero attached hydrogens (tertiary/aromatic N) is 2. The molecule has 0 atom stereocenters. The minimum Gasteiger partial charge on any atom is -0.497 e. The highest BCUT2D eigenvalue weighted by molar-refractivity contribution is 6.05. The van der Waals surface area contributed by atoms with Gasteiger partial charge in [-0.05, 0) is 55.3 Å². The second kappa shape index (κ2) is 11.5. The molecule has 1 amide bonds. The number of ether oxygens (including phenoxy) is 2. The Hall–Kier alpha value is -3.20. The molecule has 4 rings (SSSR count). The molecule has 2 heterocycles. The Morgan fingerprint density at radius 1 is 1.06 bits per heavy atom. The molecule has 0 aliphatic carbocycles. The Morgan fingerprint density at radius 3 is 2.57 bits per heavy atom. The Kier molecular flexibility index (Phi) is 8.17. The molecule has 3 N–H and O–H groups in total. The molecule has 1 aromatic heterocycles. The third-order valence-electron chi connectivity index (χ3n) is 6.71. The van der Waals surface area contributed by atoms with E-state index in [2.05, 4.69) is 22.3 Å². The van der Waals surface area contributed by atoms with E-state index in [1.54, 1.807) is 18.8 Å². The van der Waals surface area contributed by atoms with Gasteiger partial charge in [-0.1, -0.05) is 24.3 Å². The van der Waals surface area contributed by atoms with Crippen molar-refractivity contribution in [2.24, 2.45) is 5.73 Å². The summed E-state index contributed by atoms with van der Waals surface area (Å²) in [6.45, 7) is 4.50. The van der Waals surface area contributed by atoms with Gasteiger partial charge in [-0.15, -0.1) is 0 Å². The van der Waals surface area contributed by atoms with E-state index in [0.29, 0.717) is 24.6 Å². The number of fused-ring (bicyclic) bond motifs is 1. The summed E-state index contributed by atoms with van der Waals surface area (Å²) in [5.41, 5.74) is 8.46. The van der Waals surface area contributed by atoms with Gasteiger partial charge in [-0.3, -0.25) is 9.59 Å². The van der Waals surface area contributed by atoms with E-state index in [1.807, 2.05) is 30.3 Å². The largest absolute Gasteiger partial charge is 0.497 e. The molecule has 1 fully saturated rings. The lowest BCUT2D eigenvalue weighted by molar-refractivity contribution is 0.100. The molecule has 0 saturated carbocycles. The molecule has 1 aliphatic rings. The zero-order valence-corrected chi connectivity index (χ0v) is 20.5. The number of pyridine rings is 1. The number of hydrogen-bond donors (Lipinski definition) is 2. The van der Waals surface area contributed by atoms with Crippen LogP contribution in [0.4, 0.5) is 0 Å². The molecular formula is C27H34N4O4. The Labute approximate surface area is 205 Å². The minimum atomic E-state index is -0.595. The zero-order chi connectivity index (χ0) is 24.8. The molecule has 1 saturated heterocycles. The van der Waals surface area contributed by atoms with E-state index in [-0.39, 0.29) is 11.1 Å². The SMILES string of the molecule is COCc1ccc2c(C(N)=O)cc(=O)n(CCN3CCC(NCc4cccc(OC)c4)CC3)c2c1. The lowest BCUT2D eigenvalue weighted by Gasteiger charge is -2.32. The highest BCUT2D eigenvalue weighted by atomic mass is 16.5. The number of likely N-dealkylation sites (tertiary alicyclic amines) is 1. The standard InChI is InChI=1S/C27H34N4O4/c1-34-18-20-6-7-23-24(27(28)33)16-26(32)31(25(23)15-20)13-12-30-10-8-21(9-11-30)29-17-19-4-3-5-22(14-19)35-2/h3-7,14-16,21,29H,8-13,17-18H2,1-2H3,(H2,28,33). The van der Waals surface area contributed by atoms with Gasteiger partial charge in [0.25, 0.3) is 5.56 Å². The highest BCUT2D eigenvalue weighted by Crippen LogP contribution is 2.20. The average Bonchev–Trinajstić information content (AvgIpc) is 2.87. The van der Waals surface area contributed by atoms with Crippen LogP contribution in [0, 0.1) is 0 Å². The first kappa shape index (κ1) is 24.9. The van der Waals surface area contributed by atoms with Crippen molar-refractivity contribution >= 4 is 16.8 Å². The van der Waals surface area contributed by atoms with Gasteiger partial charge in [0, 0.05) is 44.2 Å². The predicted molar refractivity (Wildman–Crippen MR) is 137 cm³/mol. The molecule has 2 aromatic carbocycles. The van der Waals surface area contributed by atoms with Gasteiger partial charge in [0.1, 0.15) is 5.75 Å². The number of nitrogens with two attached hydrogens (primary N) is 1. The predicted octanol–water partition coefficient (Wildman–Crippen LogP) is 2.51. The molecule has 186 valence electrons. The van der Waals surface area contributed by atoms with E-state index in [4.69, 9.17) is 15.2 Å². The number of primary amides is 1. The maximum atomic E-state index is 12.9. The topological polar surface area (TPSA) is 98.8 Å². The second-order valence-electron chi connectivity index (χ2n) is 9.04. The normalized spacial score (nSPS) is 14.9. The van der Waals surface area contributed by atoms with Crippen molar-refractivity contribution in [3.63, 3.8) is 0 Å². The molecule has 3 aromatic rings. The number of carbonyl (C=O) groups is 1. The van der Waals surface area contributed by atoms with Crippen molar-refractivity contribution in [3.05, 3.63) is 75.6 Å². The monoisotopic (exact) mass is 478 g/mol. The molecule has 0 unspecified atom stereocenters. The number of nitrogens with one attached hydrogen (secondary N) is 1. The summed E-state index contributed by atoms with van der Waals surface area (Å²) in [6.07, 6.45) is 2.11. The van der Waals surface area contributed by atoms with E-state index in [1.165, 1.54) is 11.6 Å². The van der Waals surface area contributed by atoms with Crippen LogP contribution in [0.25, 0.3) is 10.9 Å². The Bertz CT molecular complexity index is 1230. The number of methoxy groups -OCH3 is 2. The van der Waals surface area contributed by atoms with Gasteiger partial charge < -0.3 is 30.0 Å². The van der Waals surface area contributed by atoms with E-state index in [0.717, 1.165) is 55.9 Å². The van der Waals surface area contributed by atoms with Gasteiger partial charge in [0.05, 0.1) is 24.8 Å². The van der Waals surface area contributed by atoms with E-state index < -0.39 is 5.91 Å². The number of amides is 1. The summed E-state index contributed by atoms with van der Waals surface area (Å²) in [7, 11) is 3.32. The summed E-state index contributed by atoms with van der Waals surface area (Å²) < 4.78 is 12.3. The summed E-state index contributed by atoms with van der Waals surface area (Å²) in [4.78, 5) is 27.2. The summed E-state index contributed by atoms with van der Waals surface area (Å²) in [5, 5.41) is 4.35. The van der Waals surface area contributed by atoms with Gasteiger partial charge in [-0.2, -0.15) is 0 Å². The molecule has 0 spiro atoms. The van der Waals surface area contributed by atoms with Crippen LogP contribution in [0.15, 0.2) is 53.3 Å². The number of piperidine rings is 1. The van der Waals surface area contributed by atoms with Crippen LogP contribution in [0.1, 0.15) is 34.3 Å². The first-order valence-electron chi connectivity index (χ1n) is 12.0. The number of rotatable bonds is 10. The highest BCUT2D eigenvalue weighted by Gasteiger charge is 2.20. The van der Waals surface area contributed by atoms with Crippen LogP contribution < -0.4 is 21.3 Å². The van der Waals surface area contributed by atoms with Crippen molar-refractivity contribution in [2.75, 3.05) is 33.9 Å². The van der Waals surface area contributed by atoms with Crippen LogP contribution >= 0.6 is 0 Å². The summed E-state index contributed by atoms with van der Waals surface area (Å²) >= 11 is 0. The van der Waals surface area contributed by atoms with Crippen molar-refractivity contribution < 1.29 is 14.3 Å². The number of aromatic nitrogens is 1. The number of carbonyl (C=O) groups excluding carboxylic acids is 1. The van der Waals surface area contributed by atoms with Crippen molar-refractivity contribution in [1.29, 1.82) is 0 Å². The molecule has 35 heavy (non-hydrogen) atoms. The first-order valence-corrected chi connectivity index (χ1v) is 12.0. The Morgan fingerprint density at radius 2 is 1.86 bits per heavy atom. The smallest absolute Gasteiger partial charge is 0.251 e. The van der Waals surface area contributed by atoms with Crippen LogP contribution in [0.5, 0.6) is 5.75 Å². The lowest BCUT2D eigenvalue weighted by Crippen LogP contribution is -2.43. The number of benzene rings is 2. The van der Waals surface area contributed by atoms with Gasteiger partial charge in [0.15, 0.2) is 0 Å². The molecule has 1 aliphatic heterocycles. The summed E-state index contributed by atoms with van der Waals surface area (Å²) in [5.74, 6) is 0.280. The third-order valence-corrected chi connectivity index (χ3v) is 6.71. The molecular weight excluding hydrogens is 444 g/mol. The molecule has 0 bridgehead atoms. The van der Waals surface area contributed by atoms with E-state index in [9.17, 15) is 9.59 Å². The van der Waals surface area contributed by atoms with Crippen LogP contribution in [0.2, 0.25) is 0 Å². The lowest BCUT2D eigenvalue weighted by atomic mass is 10.0. The van der Waals surface area contributed by atoms with Crippen LogP contribution in [-0.4, -0.2) is 55.3 Å². The summed E-state index contributed by atoms with van der Waals surface area (Å²) in [6, 6.07) is 15.6. The van der Waals surface area contributed by atoms with Gasteiger partial charge >= 0.3 is 0 Å². The quantitative estimate of drug-likeness (QED) is 0.465. The Balaban J connectivity index is 1.38. The van der Waals surface area contributed by atoms with Crippen molar-refractivity contribution in [2.45, 2.75) is 38.6 Å². The fraction of sp³-hybridized carbons (Fsp3) is 0.407. The number of hydrogen-bond acceptors (Lipinski definition) is 6.